The van der Waals surface area contributed by atoms with E-state index in [0.29, 0.717) is 5.69 Å². The van der Waals surface area contributed by atoms with E-state index in [9.17, 15) is 14.4 Å². The molecule has 0 fully saturated rings. The third-order valence-electron chi connectivity index (χ3n) is 3.48. The van der Waals surface area contributed by atoms with Crippen LogP contribution in [-0.2, 0) is 19.1 Å². The highest BCUT2D eigenvalue weighted by atomic mass is 32.2. The van der Waals surface area contributed by atoms with E-state index < -0.39 is 24.5 Å². The Labute approximate surface area is 167 Å². The Balaban J connectivity index is 1.80. The van der Waals surface area contributed by atoms with E-state index in [4.69, 9.17) is 14.2 Å². The second-order valence-electron chi connectivity index (χ2n) is 5.44. The Morgan fingerprint density at radius 1 is 1.00 bits per heavy atom. The van der Waals surface area contributed by atoms with Gasteiger partial charge in [-0.05, 0) is 43.3 Å². The van der Waals surface area contributed by atoms with Crippen LogP contribution in [0, 0.1) is 0 Å². The summed E-state index contributed by atoms with van der Waals surface area (Å²) >= 11 is 1.29. The van der Waals surface area contributed by atoms with Gasteiger partial charge in [0.1, 0.15) is 5.75 Å². The first kappa shape index (κ1) is 21.3. The fourth-order valence-corrected chi connectivity index (χ4v) is 2.86. The van der Waals surface area contributed by atoms with Crippen molar-refractivity contribution in [1.29, 1.82) is 0 Å². The molecule has 0 spiro atoms. The molecule has 2 aromatic carbocycles. The van der Waals surface area contributed by atoms with Gasteiger partial charge in [-0.15, -0.1) is 11.8 Å². The highest BCUT2D eigenvalue weighted by molar-refractivity contribution is 8.00. The number of rotatable bonds is 9. The predicted molar refractivity (Wildman–Crippen MR) is 106 cm³/mol. The quantitative estimate of drug-likeness (QED) is 0.508. The molecule has 0 bridgehead atoms. The van der Waals surface area contributed by atoms with Gasteiger partial charge in [0.25, 0.3) is 5.91 Å². The van der Waals surface area contributed by atoms with Crippen molar-refractivity contribution in [3.8, 4) is 5.75 Å². The summed E-state index contributed by atoms with van der Waals surface area (Å²) in [5.74, 6) is -0.800. The minimum atomic E-state index is -0.542. The molecule has 0 aliphatic carbocycles. The Morgan fingerprint density at radius 3 is 2.39 bits per heavy atom. The van der Waals surface area contributed by atoms with Crippen LogP contribution in [0.1, 0.15) is 17.3 Å². The number of esters is 2. The summed E-state index contributed by atoms with van der Waals surface area (Å²) in [5.41, 5.74) is 0.536. The first-order valence-electron chi connectivity index (χ1n) is 8.52. The molecule has 0 atom stereocenters. The summed E-state index contributed by atoms with van der Waals surface area (Å²) in [5, 5.41) is 2.55. The molecule has 0 unspecified atom stereocenters. The second kappa shape index (κ2) is 11.0. The van der Waals surface area contributed by atoms with Gasteiger partial charge in [0.05, 0.1) is 30.7 Å². The van der Waals surface area contributed by atoms with Crippen molar-refractivity contribution < 1.29 is 28.6 Å². The summed E-state index contributed by atoms with van der Waals surface area (Å²) in [7, 11) is 1.58. The summed E-state index contributed by atoms with van der Waals surface area (Å²) in [6.45, 7) is 1.48. The number of ether oxygens (including phenoxy) is 3. The third kappa shape index (κ3) is 6.62. The number of amides is 1. The molecule has 0 saturated carbocycles. The number of hydrogen-bond donors (Lipinski definition) is 1. The molecule has 0 saturated heterocycles. The zero-order valence-electron chi connectivity index (χ0n) is 15.6. The first-order valence-corrected chi connectivity index (χ1v) is 9.50. The van der Waals surface area contributed by atoms with E-state index in [1.165, 1.54) is 11.8 Å². The average Bonchev–Trinajstić information content (AvgIpc) is 2.71. The number of nitrogens with one attached hydrogen (secondary N) is 1. The van der Waals surface area contributed by atoms with Gasteiger partial charge >= 0.3 is 11.9 Å². The zero-order valence-corrected chi connectivity index (χ0v) is 16.4. The average molecular weight is 403 g/mol. The van der Waals surface area contributed by atoms with Gasteiger partial charge in [0.2, 0.25) is 0 Å². The Bertz CT molecular complexity index is 822. The van der Waals surface area contributed by atoms with Crippen molar-refractivity contribution in [3.05, 3.63) is 54.1 Å². The van der Waals surface area contributed by atoms with Gasteiger partial charge in [0.15, 0.2) is 6.61 Å². The molecule has 2 aromatic rings. The molecule has 28 heavy (non-hydrogen) atoms. The molecule has 148 valence electrons. The lowest BCUT2D eigenvalue weighted by Crippen LogP contribution is -2.23. The SMILES string of the molecule is CCOC(=O)c1ccccc1NC(=O)COC(=O)CSc1ccc(OC)cc1. The van der Waals surface area contributed by atoms with Crippen molar-refractivity contribution in [3.63, 3.8) is 0 Å². The summed E-state index contributed by atoms with van der Waals surface area (Å²) in [6, 6.07) is 13.7. The largest absolute Gasteiger partial charge is 0.497 e. The van der Waals surface area contributed by atoms with E-state index in [-0.39, 0.29) is 17.9 Å². The van der Waals surface area contributed by atoms with E-state index >= 15 is 0 Å². The highest BCUT2D eigenvalue weighted by Crippen LogP contribution is 2.21. The van der Waals surface area contributed by atoms with Crippen LogP contribution in [0.5, 0.6) is 5.75 Å². The molecule has 8 heteroatoms. The highest BCUT2D eigenvalue weighted by Gasteiger charge is 2.15. The molecule has 1 N–H and O–H groups in total. The van der Waals surface area contributed by atoms with Crippen molar-refractivity contribution in [2.75, 3.05) is 31.4 Å². The summed E-state index contributed by atoms with van der Waals surface area (Å²) < 4.78 is 15.0. The Hall–Kier alpha value is -3.00. The number of hydrogen-bond acceptors (Lipinski definition) is 7. The maximum absolute atomic E-state index is 12.0. The van der Waals surface area contributed by atoms with Gasteiger partial charge in [-0.1, -0.05) is 12.1 Å². The number of benzene rings is 2. The topological polar surface area (TPSA) is 90.9 Å². The van der Waals surface area contributed by atoms with E-state index in [1.807, 2.05) is 12.1 Å². The Kier molecular flexibility index (Phi) is 8.36. The number of carbonyl (C=O) groups is 3. The monoisotopic (exact) mass is 403 g/mol. The molecular weight excluding hydrogens is 382 g/mol. The lowest BCUT2D eigenvalue weighted by atomic mass is 10.2. The van der Waals surface area contributed by atoms with Crippen LogP contribution in [0.2, 0.25) is 0 Å². The van der Waals surface area contributed by atoms with Crippen LogP contribution in [0.25, 0.3) is 0 Å². The summed E-state index contributed by atoms with van der Waals surface area (Å²) in [4.78, 5) is 36.7. The van der Waals surface area contributed by atoms with E-state index in [0.717, 1.165) is 10.6 Å². The lowest BCUT2D eigenvalue weighted by Gasteiger charge is -2.10. The van der Waals surface area contributed by atoms with Crippen molar-refractivity contribution in [2.24, 2.45) is 0 Å². The lowest BCUT2D eigenvalue weighted by molar-refractivity contribution is -0.144. The summed E-state index contributed by atoms with van der Waals surface area (Å²) in [6.07, 6.45) is 0. The first-order chi connectivity index (χ1) is 13.5. The van der Waals surface area contributed by atoms with Gasteiger partial charge < -0.3 is 19.5 Å². The number of carbonyl (C=O) groups excluding carboxylic acids is 3. The minimum Gasteiger partial charge on any atom is -0.497 e. The third-order valence-corrected chi connectivity index (χ3v) is 4.46. The zero-order chi connectivity index (χ0) is 20.4. The Morgan fingerprint density at radius 2 is 1.71 bits per heavy atom. The van der Waals surface area contributed by atoms with Crippen LogP contribution in [0.15, 0.2) is 53.4 Å². The van der Waals surface area contributed by atoms with Gasteiger partial charge in [-0.2, -0.15) is 0 Å². The number of thioether (sulfide) groups is 1. The molecule has 0 aliphatic heterocycles. The van der Waals surface area contributed by atoms with Gasteiger partial charge in [0, 0.05) is 4.90 Å². The number of para-hydroxylation sites is 1. The van der Waals surface area contributed by atoms with E-state index in [1.54, 1.807) is 50.4 Å². The van der Waals surface area contributed by atoms with Crippen LogP contribution in [0.3, 0.4) is 0 Å². The van der Waals surface area contributed by atoms with Crippen LogP contribution >= 0.6 is 11.8 Å². The fourth-order valence-electron chi connectivity index (χ4n) is 2.17. The molecule has 0 aliphatic rings. The van der Waals surface area contributed by atoms with Crippen LogP contribution < -0.4 is 10.1 Å². The van der Waals surface area contributed by atoms with Gasteiger partial charge in [-0.3, -0.25) is 9.59 Å². The maximum Gasteiger partial charge on any atom is 0.340 e. The predicted octanol–water partition coefficient (Wildman–Crippen LogP) is 3.15. The normalized spacial score (nSPS) is 10.1. The number of methoxy groups -OCH3 is 1. The molecule has 0 heterocycles. The van der Waals surface area contributed by atoms with Crippen LogP contribution in [0.4, 0.5) is 5.69 Å². The minimum absolute atomic E-state index is 0.0685. The standard InChI is InChI=1S/C20H21NO6S/c1-3-26-20(24)16-6-4-5-7-17(16)21-18(22)12-27-19(23)13-28-15-10-8-14(25-2)9-11-15/h4-11H,3,12-13H2,1-2H3,(H,21,22). The van der Waals surface area contributed by atoms with Crippen molar-refractivity contribution >= 4 is 35.3 Å². The van der Waals surface area contributed by atoms with Crippen molar-refractivity contribution in [1.82, 2.24) is 0 Å². The number of anilines is 1. The molecule has 2 rings (SSSR count). The molecular formula is C20H21NO6S. The molecule has 0 aromatic heterocycles. The van der Waals surface area contributed by atoms with E-state index in [2.05, 4.69) is 5.32 Å². The molecule has 1 amide bonds. The second-order valence-corrected chi connectivity index (χ2v) is 6.49. The van der Waals surface area contributed by atoms with Gasteiger partial charge in [-0.25, -0.2) is 4.79 Å². The smallest absolute Gasteiger partial charge is 0.340 e. The fraction of sp³-hybridized carbons (Fsp3) is 0.250. The van der Waals surface area contributed by atoms with Crippen molar-refractivity contribution in [2.45, 2.75) is 11.8 Å². The molecule has 0 radical (unpaired) electrons. The molecule has 7 nitrogen and oxygen atoms in total. The van der Waals surface area contributed by atoms with Crippen LogP contribution in [-0.4, -0.2) is 43.9 Å². The maximum atomic E-state index is 12.0.